The van der Waals surface area contributed by atoms with E-state index in [1.54, 1.807) is 5.57 Å². The van der Waals surface area contributed by atoms with Crippen LogP contribution in [0.1, 0.15) is 125 Å². The zero-order chi connectivity index (χ0) is 22.7. The first kappa shape index (κ1) is 23.2. The molecule has 0 radical (unpaired) electrons. The Balaban J connectivity index is 1.38. The molecule has 0 aromatic heterocycles. The van der Waals surface area contributed by atoms with Crippen LogP contribution < -0.4 is 0 Å². The average molecular weight is 439 g/mol. The second kappa shape index (κ2) is 8.27. The molecule has 0 aromatic rings. The van der Waals surface area contributed by atoms with Crippen molar-refractivity contribution in [1.29, 1.82) is 0 Å². The topological polar surface area (TPSA) is 17.1 Å². The van der Waals surface area contributed by atoms with Crippen LogP contribution in [0.4, 0.5) is 0 Å². The van der Waals surface area contributed by atoms with Crippen molar-refractivity contribution in [2.24, 2.45) is 51.8 Å². The fourth-order valence-electron chi connectivity index (χ4n) is 10.5. The molecule has 1 spiro atoms. The first-order valence-electron chi connectivity index (χ1n) is 14.5. The third-order valence-electron chi connectivity index (χ3n) is 12.0. The maximum absolute atomic E-state index is 13.2. The Hall–Kier alpha value is -0.590. The molecule has 32 heavy (non-hydrogen) atoms. The smallest absolute Gasteiger partial charge is 0.143 e. The lowest BCUT2D eigenvalue weighted by atomic mass is 9.43. The van der Waals surface area contributed by atoms with E-state index in [2.05, 4.69) is 40.7 Å². The van der Waals surface area contributed by atoms with Gasteiger partial charge < -0.3 is 0 Å². The van der Waals surface area contributed by atoms with Crippen LogP contribution in [-0.4, -0.2) is 5.78 Å². The van der Waals surface area contributed by atoms with E-state index in [0.29, 0.717) is 16.6 Å². The highest BCUT2D eigenvalue weighted by Gasteiger charge is 2.62. The molecule has 7 atom stereocenters. The largest absolute Gasteiger partial charge is 0.299 e. The van der Waals surface area contributed by atoms with Gasteiger partial charge in [-0.05, 0) is 97.7 Å². The molecule has 7 unspecified atom stereocenters. The summed E-state index contributed by atoms with van der Waals surface area (Å²) in [6.45, 7) is 12.6. The van der Waals surface area contributed by atoms with Gasteiger partial charge in [0.15, 0.2) is 0 Å². The minimum Gasteiger partial charge on any atom is -0.299 e. The van der Waals surface area contributed by atoms with Crippen LogP contribution >= 0.6 is 0 Å². The number of Topliss-reactive ketones (excluding diaryl/α,β-unsaturated/α-hetero) is 1. The average Bonchev–Trinajstić information content (AvgIpc) is 3.36. The lowest BCUT2D eigenvalue weighted by molar-refractivity contribution is -0.133. The van der Waals surface area contributed by atoms with Crippen LogP contribution in [0.5, 0.6) is 0 Å². The highest BCUT2D eigenvalue weighted by atomic mass is 16.1. The maximum atomic E-state index is 13.2. The van der Waals surface area contributed by atoms with Gasteiger partial charge in [0, 0.05) is 6.42 Å². The van der Waals surface area contributed by atoms with Gasteiger partial charge in [0.25, 0.3) is 0 Å². The number of hydrogen-bond donors (Lipinski definition) is 0. The van der Waals surface area contributed by atoms with Crippen molar-refractivity contribution in [2.45, 2.75) is 125 Å². The molecule has 4 saturated carbocycles. The van der Waals surface area contributed by atoms with E-state index >= 15 is 0 Å². The highest BCUT2D eigenvalue weighted by molar-refractivity contribution is 5.90. The number of rotatable bonds is 5. The van der Waals surface area contributed by atoms with Gasteiger partial charge in [-0.3, -0.25) is 4.79 Å². The summed E-state index contributed by atoms with van der Waals surface area (Å²) in [4.78, 5) is 13.2. The van der Waals surface area contributed by atoms with Gasteiger partial charge >= 0.3 is 0 Å². The fraction of sp³-hybridized carbons (Fsp3) is 0.903. The van der Waals surface area contributed by atoms with Crippen molar-refractivity contribution >= 4 is 5.78 Å². The summed E-state index contributed by atoms with van der Waals surface area (Å²) < 4.78 is 0. The van der Waals surface area contributed by atoms with Crippen molar-refractivity contribution in [3.8, 4) is 0 Å². The van der Waals surface area contributed by atoms with E-state index in [1.165, 1.54) is 64.2 Å². The van der Waals surface area contributed by atoms with Gasteiger partial charge in [0.1, 0.15) is 5.78 Å². The Morgan fingerprint density at radius 2 is 1.69 bits per heavy atom. The molecule has 0 aromatic carbocycles. The molecule has 0 N–H and O–H groups in total. The summed E-state index contributed by atoms with van der Waals surface area (Å²) in [6, 6.07) is 0. The molecule has 5 rings (SSSR count). The maximum Gasteiger partial charge on any atom is 0.143 e. The standard InChI is InChI=1S/C31H50O/c1-21(2)9-8-10-22(3)24-12-13-25-23-11-14-27-30(5,26(23)15-19-29(24,25)4)20-16-28(32)31(27)17-6-7-18-31/h14,21-26H,6-13,15-20H2,1-5H3. The molecule has 5 aliphatic rings. The lowest BCUT2D eigenvalue weighted by Gasteiger charge is -2.60. The number of ketones is 1. The molecule has 0 amide bonds. The predicted octanol–water partition coefficient (Wildman–Crippen LogP) is 8.77. The van der Waals surface area contributed by atoms with E-state index in [4.69, 9.17) is 0 Å². The Kier molecular flexibility index (Phi) is 5.98. The van der Waals surface area contributed by atoms with Gasteiger partial charge in [-0.15, -0.1) is 0 Å². The SMILES string of the molecule is CC(C)CCCC(C)C1CCC2C3CC=C4C5(CCCC5)C(=O)CCC4(C)C3CCC12C. The van der Waals surface area contributed by atoms with Crippen LogP contribution in [0.25, 0.3) is 0 Å². The third kappa shape index (κ3) is 3.33. The highest BCUT2D eigenvalue weighted by Crippen LogP contribution is 2.70. The quantitative estimate of drug-likeness (QED) is 0.392. The predicted molar refractivity (Wildman–Crippen MR) is 134 cm³/mol. The molecule has 5 aliphatic carbocycles. The van der Waals surface area contributed by atoms with Crippen molar-refractivity contribution in [3.05, 3.63) is 11.6 Å². The molecular weight excluding hydrogens is 388 g/mol. The summed E-state index contributed by atoms with van der Waals surface area (Å²) in [5.41, 5.74) is 2.47. The minimum atomic E-state index is -0.0398. The Morgan fingerprint density at radius 1 is 0.938 bits per heavy atom. The second-order valence-corrected chi connectivity index (χ2v) is 13.9. The molecule has 0 bridgehead atoms. The number of allylic oxidation sites excluding steroid dienone is 2. The molecule has 0 saturated heterocycles. The summed E-state index contributed by atoms with van der Waals surface area (Å²) in [7, 11) is 0. The van der Waals surface area contributed by atoms with Crippen LogP contribution in [0.2, 0.25) is 0 Å². The normalized spacial score (nSPS) is 43.7. The Morgan fingerprint density at radius 3 is 2.41 bits per heavy atom. The van der Waals surface area contributed by atoms with Gasteiger partial charge in [0.2, 0.25) is 0 Å². The molecule has 1 heteroatoms. The summed E-state index contributed by atoms with van der Waals surface area (Å²) in [5.74, 6) is 5.91. The summed E-state index contributed by atoms with van der Waals surface area (Å²) >= 11 is 0. The van der Waals surface area contributed by atoms with E-state index in [1.807, 2.05) is 0 Å². The van der Waals surface area contributed by atoms with E-state index in [9.17, 15) is 4.79 Å². The van der Waals surface area contributed by atoms with Gasteiger partial charge in [-0.2, -0.15) is 0 Å². The van der Waals surface area contributed by atoms with Crippen molar-refractivity contribution in [2.75, 3.05) is 0 Å². The van der Waals surface area contributed by atoms with Crippen LogP contribution in [0.3, 0.4) is 0 Å². The first-order chi connectivity index (χ1) is 15.2. The number of hydrogen-bond acceptors (Lipinski definition) is 1. The zero-order valence-corrected chi connectivity index (χ0v) is 21.8. The molecule has 0 aliphatic heterocycles. The van der Waals surface area contributed by atoms with E-state index in [0.717, 1.165) is 61.2 Å². The number of carbonyl (C=O) groups is 1. The zero-order valence-electron chi connectivity index (χ0n) is 21.8. The summed E-state index contributed by atoms with van der Waals surface area (Å²) in [6.07, 6.45) is 20.8. The minimum absolute atomic E-state index is 0.0398. The van der Waals surface area contributed by atoms with Crippen LogP contribution in [0.15, 0.2) is 11.6 Å². The lowest BCUT2D eigenvalue weighted by Crippen LogP contribution is -2.54. The fourth-order valence-corrected chi connectivity index (χ4v) is 10.5. The van der Waals surface area contributed by atoms with Gasteiger partial charge in [-0.1, -0.05) is 78.4 Å². The Bertz CT molecular complexity index is 754. The van der Waals surface area contributed by atoms with E-state index in [-0.39, 0.29) is 5.41 Å². The molecular formula is C31H50O. The number of carbonyl (C=O) groups excluding carboxylic acids is 1. The second-order valence-electron chi connectivity index (χ2n) is 13.9. The molecule has 1 nitrogen and oxygen atoms in total. The Labute approximate surface area is 198 Å². The summed E-state index contributed by atoms with van der Waals surface area (Å²) in [5, 5.41) is 0. The van der Waals surface area contributed by atoms with Crippen LogP contribution in [-0.2, 0) is 4.79 Å². The van der Waals surface area contributed by atoms with Crippen molar-refractivity contribution < 1.29 is 4.79 Å². The van der Waals surface area contributed by atoms with E-state index < -0.39 is 0 Å². The van der Waals surface area contributed by atoms with Crippen LogP contribution in [0, 0.1) is 51.8 Å². The molecule has 180 valence electrons. The van der Waals surface area contributed by atoms with Crippen molar-refractivity contribution in [3.63, 3.8) is 0 Å². The molecule has 0 heterocycles. The van der Waals surface area contributed by atoms with Gasteiger partial charge in [0.05, 0.1) is 5.41 Å². The molecule has 4 fully saturated rings. The number of fused-ring (bicyclic) bond motifs is 6. The van der Waals surface area contributed by atoms with Gasteiger partial charge in [-0.25, -0.2) is 0 Å². The van der Waals surface area contributed by atoms with Crippen molar-refractivity contribution in [1.82, 2.24) is 0 Å². The first-order valence-corrected chi connectivity index (χ1v) is 14.5. The third-order valence-corrected chi connectivity index (χ3v) is 12.0. The monoisotopic (exact) mass is 438 g/mol.